The Balaban J connectivity index is 2.69. The number of rotatable bonds is 3. The number of nitrogens with zero attached hydrogens (tertiary/aromatic N) is 2. The van der Waals surface area contributed by atoms with Crippen LogP contribution in [0.5, 0.6) is 0 Å². The van der Waals surface area contributed by atoms with Crippen molar-refractivity contribution in [3.63, 3.8) is 0 Å². The quantitative estimate of drug-likeness (QED) is 0.650. The Morgan fingerprint density at radius 2 is 2.38 bits per heavy atom. The fraction of sp³-hybridized carbons (Fsp3) is 0.286. The zero-order valence-corrected chi connectivity index (χ0v) is 7.02. The number of carbonyl (C=O) groups excluding carboxylic acids is 1. The van der Waals surface area contributed by atoms with Gasteiger partial charge in [0.15, 0.2) is 5.69 Å². The number of aromatic carboxylic acids is 1. The van der Waals surface area contributed by atoms with Crippen LogP contribution >= 0.6 is 0 Å². The Labute approximate surface area is 74.2 Å². The van der Waals surface area contributed by atoms with Crippen molar-refractivity contribution in [3.05, 3.63) is 18.0 Å². The van der Waals surface area contributed by atoms with Crippen LogP contribution < -0.4 is 5.32 Å². The van der Waals surface area contributed by atoms with Gasteiger partial charge in [-0.3, -0.25) is 9.48 Å². The summed E-state index contributed by atoms with van der Waals surface area (Å²) in [7, 11) is 1.50. The highest BCUT2D eigenvalue weighted by atomic mass is 16.4. The Hall–Kier alpha value is -1.85. The normalized spacial score (nSPS) is 9.62. The van der Waals surface area contributed by atoms with Gasteiger partial charge in [-0.1, -0.05) is 0 Å². The second-order valence-electron chi connectivity index (χ2n) is 2.38. The van der Waals surface area contributed by atoms with Crippen molar-refractivity contribution in [2.45, 2.75) is 6.54 Å². The van der Waals surface area contributed by atoms with Gasteiger partial charge in [0.2, 0.25) is 5.91 Å². The van der Waals surface area contributed by atoms with Gasteiger partial charge in [0.05, 0.1) is 0 Å². The van der Waals surface area contributed by atoms with Gasteiger partial charge >= 0.3 is 5.97 Å². The number of carboxylic acid groups (broad SMARTS) is 1. The van der Waals surface area contributed by atoms with E-state index < -0.39 is 5.97 Å². The van der Waals surface area contributed by atoms with E-state index in [1.54, 1.807) is 0 Å². The zero-order valence-electron chi connectivity index (χ0n) is 7.02. The number of amides is 1. The number of hydrogen-bond donors (Lipinski definition) is 2. The molecule has 0 saturated carbocycles. The molecule has 1 heterocycles. The minimum absolute atomic E-state index is 0.0315. The SMILES string of the molecule is CNC(=O)Cn1ccc(C(=O)O)n1. The second-order valence-corrected chi connectivity index (χ2v) is 2.38. The van der Waals surface area contributed by atoms with Crippen molar-refractivity contribution in [2.75, 3.05) is 7.05 Å². The molecule has 0 saturated heterocycles. The van der Waals surface area contributed by atoms with Gasteiger partial charge in [-0.25, -0.2) is 4.79 Å². The van der Waals surface area contributed by atoms with E-state index in [1.807, 2.05) is 0 Å². The molecule has 0 spiro atoms. The highest BCUT2D eigenvalue weighted by Crippen LogP contribution is 1.94. The fourth-order valence-corrected chi connectivity index (χ4v) is 0.790. The molecule has 1 amide bonds. The third kappa shape index (κ3) is 2.29. The Morgan fingerprint density at radius 3 is 2.85 bits per heavy atom. The number of aromatic nitrogens is 2. The predicted molar refractivity (Wildman–Crippen MR) is 43.3 cm³/mol. The van der Waals surface area contributed by atoms with Crippen LogP contribution in [0.25, 0.3) is 0 Å². The van der Waals surface area contributed by atoms with Crippen molar-refractivity contribution in [3.8, 4) is 0 Å². The molecule has 0 radical (unpaired) electrons. The van der Waals surface area contributed by atoms with E-state index in [-0.39, 0.29) is 18.1 Å². The molecule has 0 atom stereocenters. The van der Waals surface area contributed by atoms with E-state index in [4.69, 9.17) is 5.11 Å². The third-order valence-electron chi connectivity index (χ3n) is 1.44. The molecule has 13 heavy (non-hydrogen) atoms. The Bertz CT molecular complexity index is 331. The first kappa shape index (κ1) is 9.24. The highest BCUT2D eigenvalue weighted by molar-refractivity contribution is 5.85. The van der Waals surface area contributed by atoms with Crippen molar-refractivity contribution < 1.29 is 14.7 Å². The molecule has 2 N–H and O–H groups in total. The third-order valence-corrected chi connectivity index (χ3v) is 1.44. The fourth-order valence-electron chi connectivity index (χ4n) is 0.790. The number of hydrogen-bond acceptors (Lipinski definition) is 3. The molecule has 0 aliphatic carbocycles. The molecular weight excluding hydrogens is 174 g/mol. The topological polar surface area (TPSA) is 84.2 Å². The minimum Gasteiger partial charge on any atom is -0.476 e. The molecule has 1 aromatic rings. The van der Waals surface area contributed by atoms with Crippen molar-refractivity contribution in [1.82, 2.24) is 15.1 Å². The van der Waals surface area contributed by atoms with Gasteiger partial charge in [-0.05, 0) is 6.07 Å². The summed E-state index contributed by atoms with van der Waals surface area (Å²) in [6, 6.07) is 1.34. The van der Waals surface area contributed by atoms with E-state index in [9.17, 15) is 9.59 Å². The minimum atomic E-state index is -1.10. The van der Waals surface area contributed by atoms with E-state index in [0.29, 0.717) is 0 Å². The first-order valence-electron chi connectivity index (χ1n) is 3.61. The summed E-state index contributed by atoms with van der Waals surface area (Å²) in [6.07, 6.45) is 1.44. The summed E-state index contributed by atoms with van der Waals surface area (Å²) in [5.74, 6) is -1.32. The standard InChI is InChI=1S/C7H9N3O3/c1-8-6(11)4-10-3-2-5(9-10)7(12)13/h2-3H,4H2,1H3,(H,8,11)(H,12,13). The van der Waals surface area contributed by atoms with E-state index in [2.05, 4.69) is 10.4 Å². The molecule has 70 valence electrons. The molecule has 0 aliphatic rings. The van der Waals surface area contributed by atoms with Crippen LogP contribution in [0.1, 0.15) is 10.5 Å². The van der Waals surface area contributed by atoms with E-state index in [0.717, 1.165) is 0 Å². The molecule has 0 aliphatic heterocycles. The smallest absolute Gasteiger partial charge is 0.356 e. The van der Waals surface area contributed by atoms with Crippen LogP contribution in [0.3, 0.4) is 0 Å². The number of carboxylic acids is 1. The molecule has 0 fully saturated rings. The van der Waals surface area contributed by atoms with Gasteiger partial charge < -0.3 is 10.4 Å². The van der Waals surface area contributed by atoms with Crippen LogP contribution in [0.2, 0.25) is 0 Å². The lowest BCUT2D eigenvalue weighted by Gasteiger charge is -1.98. The molecule has 0 aromatic carbocycles. The first-order chi connectivity index (χ1) is 6.13. The van der Waals surface area contributed by atoms with Crippen LogP contribution in [0, 0.1) is 0 Å². The van der Waals surface area contributed by atoms with Crippen LogP contribution in [0.15, 0.2) is 12.3 Å². The van der Waals surface area contributed by atoms with Gasteiger partial charge in [0, 0.05) is 13.2 Å². The maximum atomic E-state index is 10.8. The molecule has 1 rings (SSSR count). The number of carbonyl (C=O) groups is 2. The van der Waals surface area contributed by atoms with Crippen LogP contribution in [0.4, 0.5) is 0 Å². The summed E-state index contributed by atoms with van der Waals surface area (Å²) in [5.41, 5.74) is -0.0658. The zero-order chi connectivity index (χ0) is 9.84. The van der Waals surface area contributed by atoms with Crippen molar-refractivity contribution >= 4 is 11.9 Å². The molecule has 1 aromatic heterocycles. The maximum absolute atomic E-state index is 10.8. The summed E-state index contributed by atoms with van der Waals surface area (Å²) >= 11 is 0. The lowest BCUT2D eigenvalue weighted by atomic mass is 10.5. The Kier molecular flexibility index (Phi) is 2.63. The number of likely N-dealkylation sites (N-methyl/N-ethyl adjacent to an activating group) is 1. The molecule has 6 heteroatoms. The van der Waals surface area contributed by atoms with Crippen LogP contribution in [-0.2, 0) is 11.3 Å². The van der Waals surface area contributed by atoms with E-state index >= 15 is 0 Å². The lowest BCUT2D eigenvalue weighted by Crippen LogP contribution is -2.23. The first-order valence-corrected chi connectivity index (χ1v) is 3.61. The molecule has 0 unspecified atom stereocenters. The van der Waals surface area contributed by atoms with Gasteiger partial charge in [-0.15, -0.1) is 0 Å². The average Bonchev–Trinajstić information content (AvgIpc) is 2.52. The molecular formula is C7H9N3O3. The maximum Gasteiger partial charge on any atom is 0.356 e. The average molecular weight is 183 g/mol. The predicted octanol–water partition coefficient (Wildman–Crippen LogP) is -0.673. The monoisotopic (exact) mass is 183 g/mol. The van der Waals surface area contributed by atoms with E-state index in [1.165, 1.54) is 24.0 Å². The highest BCUT2D eigenvalue weighted by Gasteiger charge is 2.07. The Morgan fingerprint density at radius 1 is 1.69 bits per heavy atom. The van der Waals surface area contributed by atoms with Crippen molar-refractivity contribution in [1.29, 1.82) is 0 Å². The summed E-state index contributed by atoms with van der Waals surface area (Å²) < 4.78 is 1.27. The number of nitrogens with one attached hydrogen (secondary N) is 1. The molecule has 6 nitrogen and oxygen atoms in total. The summed E-state index contributed by atoms with van der Waals surface area (Å²) in [4.78, 5) is 21.2. The summed E-state index contributed by atoms with van der Waals surface area (Å²) in [5, 5.41) is 14.6. The van der Waals surface area contributed by atoms with Gasteiger partial charge in [0.1, 0.15) is 6.54 Å². The van der Waals surface area contributed by atoms with Crippen LogP contribution in [-0.4, -0.2) is 33.8 Å². The van der Waals surface area contributed by atoms with Crippen molar-refractivity contribution in [2.24, 2.45) is 0 Å². The summed E-state index contributed by atoms with van der Waals surface area (Å²) in [6.45, 7) is 0.0315. The van der Waals surface area contributed by atoms with Gasteiger partial charge in [-0.2, -0.15) is 5.10 Å². The van der Waals surface area contributed by atoms with Gasteiger partial charge in [0.25, 0.3) is 0 Å². The molecule has 0 bridgehead atoms. The second kappa shape index (κ2) is 3.70. The largest absolute Gasteiger partial charge is 0.476 e. The lowest BCUT2D eigenvalue weighted by molar-refractivity contribution is -0.121.